The first-order chi connectivity index (χ1) is 8.01. The van der Waals surface area contributed by atoms with Gasteiger partial charge in [-0.25, -0.2) is 0 Å². The van der Waals surface area contributed by atoms with Crippen LogP contribution in [0.15, 0.2) is 0 Å². The van der Waals surface area contributed by atoms with Gasteiger partial charge in [0, 0.05) is 19.7 Å². The maximum absolute atomic E-state index is 11.5. The first-order valence-electron chi connectivity index (χ1n) is 6.42. The van der Waals surface area contributed by atoms with E-state index in [9.17, 15) is 4.79 Å². The topological polar surface area (TPSA) is 47.6 Å². The molecule has 0 aromatic heterocycles. The Morgan fingerprint density at radius 1 is 1.53 bits per heavy atom. The van der Waals surface area contributed by atoms with Crippen LogP contribution in [0.25, 0.3) is 0 Å². The van der Waals surface area contributed by atoms with E-state index in [-0.39, 0.29) is 5.97 Å². The van der Waals surface area contributed by atoms with Gasteiger partial charge in [-0.2, -0.15) is 0 Å². The molecule has 0 aliphatic carbocycles. The average Bonchev–Trinajstić information content (AvgIpc) is 2.75. The maximum atomic E-state index is 11.5. The number of nitrogens with one attached hydrogen (secondary N) is 1. The van der Waals surface area contributed by atoms with Crippen molar-refractivity contribution in [2.45, 2.75) is 39.7 Å². The van der Waals surface area contributed by atoms with Crippen molar-refractivity contribution in [3.05, 3.63) is 0 Å². The number of rotatable bonds is 6. The molecule has 1 aliphatic heterocycles. The van der Waals surface area contributed by atoms with E-state index in [0.29, 0.717) is 18.6 Å². The fraction of sp³-hybridized carbons (Fsp3) is 0.923. The summed E-state index contributed by atoms with van der Waals surface area (Å²) in [6.45, 7) is 8.38. The highest BCUT2D eigenvalue weighted by molar-refractivity contribution is 5.76. The highest BCUT2D eigenvalue weighted by atomic mass is 16.5. The number of hydrogen-bond donors (Lipinski definition) is 1. The summed E-state index contributed by atoms with van der Waals surface area (Å²) in [4.78, 5) is 11.5. The van der Waals surface area contributed by atoms with Gasteiger partial charge >= 0.3 is 5.97 Å². The number of carbonyl (C=O) groups is 1. The molecule has 4 nitrogen and oxygen atoms in total. The predicted molar refractivity (Wildman–Crippen MR) is 66.8 cm³/mol. The molecule has 0 radical (unpaired) electrons. The summed E-state index contributed by atoms with van der Waals surface area (Å²) < 4.78 is 10.4. The summed E-state index contributed by atoms with van der Waals surface area (Å²) in [5.41, 5.74) is -0.462. The second-order valence-corrected chi connectivity index (χ2v) is 5.37. The Hall–Kier alpha value is -0.610. The summed E-state index contributed by atoms with van der Waals surface area (Å²) in [5, 5.41) is 3.37. The van der Waals surface area contributed by atoms with Crippen molar-refractivity contribution >= 4 is 5.97 Å². The third-order valence-electron chi connectivity index (χ3n) is 3.46. The summed E-state index contributed by atoms with van der Waals surface area (Å²) >= 11 is 0. The van der Waals surface area contributed by atoms with Crippen molar-refractivity contribution < 1.29 is 14.3 Å². The Balaban J connectivity index is 2.29. The molecule has 2 unspecified atom stereocenters. The first-order valence-corrected chi connectivity index (χ1v) is 6.42. The molecular formula is C13H25NO3. The molecular weight excluding hydrogens is 218 g/mol. The molecule has 0 spiro atoms. The van der Waals surface area contributed by atoms with Gasteiger partial charge in [0.1, 0.15) is 0 Å². The molecule has 17 heavy (non-hydrogen) atoms. The Bertz CT molecular complexity index is 253. The van der Waals surface area contributed by atoms with E-state index in [4.69, 9.17) is 9.47 Å². The summed E-state index contributed by atoms with van der Waals surface area (Å²) in [7, 11) is 1.43. The summed E-state index contributed by atoms with van der Waals surface area (Å²) in [6.07, 6.45) is 2.56. The fourth-order valence-corrected chi connectivity index (χ4v) is 2.30. The Kier molecular flexibility index (Phi) is 5.40. The molecule has 4 heteroatoms. The van der Waals surface area contributed by atoms with Crippen molar-refractivity contribution in [2.24, 2.45) is 11.3 Å². The average molecular weight is 243 g/mol. The monoisotopic (exact) mass is 243 g/mol. The van der Waals surface area contributed by atoms with E-state index < -0.39 is 5.41 Å². The third kappa shape index (κ3) is 3.96. The van der Waals surface area contributed by atoms with Crippen LogP contribution in [0.1, 0.15) is 33.6 Å². The summed E-state index contributed by atoms with van der Waals surface area (Å²) in [5.74, 6) is 0.410. The SMILES string of the molecule is CCC1OCCC1CNCC(C)(C)C(=O)OC. The van der Waals surface area contributed by atoms with E-state index in [1.807, 2.05) is 13.8 Å². The molecule has 100 valence electrons. The van der Waals surface area contributed by atoms with Gasteiger partial charge in [-0.05, 0) is 32.6 Å². The van der Waals surface area contributed by atoms with Crippen LogP contribution < -0.4 is 5.32 Å². The quantitative estimate of drug-likeness (QED) is 0.720. The minimum atomic E-state index is -0.462. The van der Waals surface area contributed by atoms with E-state index in [0.717, 1.165) is 26.0 Å². The van der Waals surface area contributed by atoms with Crippen LogP contribution in [-0.4, -0.2) is 38.9 Å². The largest absolute Gasteiger partial charge is 0.469 e. The van der Waals surface area contributed by atoms with Crippen LogP contribution >= 0.6 is 0 Å². The molecule has 0 aromatic carbocycles. The van der Waals surface area contributed by atoms with Gasteiger partial charge in [0.2, 0.25) is 0 Å². The van der Waals surface area contributed by atoms with Crippen molar-refractivity contribution in [1.29, 1.82) is 0 Å². The summed E-state index contributed by atoms with van der Waals surface area (Å²) in [6, 6.07) is 0. The third-order valence-corrected chi connectivity index (χ3v) is 3.46. The molecule has 2 atom stereocenters. The standard InChI is InChI=1S/C13H25NO3/c1-5-11-10(6-7-17-11)8-14-9-13(2,3)12(15)16-4/h10-11,14H,5-9H2,1-4H3. The predicted octanol–water partition coefficient (Wildman–Crippen LogP) is 1.59. The lowest BCUT2D eigenvalue weighted by Crippen LogP contribution is -2.39. The Morgan fingerprint density at radius 2 is 2.24 bits per heavy atom. The van der Waals surface area contributed by atoms with Crippen molar-refractivity contribution in [3.63, 3.8) is 0 Å². The van der Waals surface area contributed by atoms with Crippen LogP contribution in [0.4, 0.5) is 0 Å². The molecule has 1 rings (SSSR count). The lowest BCUT2D eigenvalue weighted by Gasteiger charge is -2.24. The molecule has 1 N–H and O–H groups in total. The zero-order valence-corrected chi connectivity index (χ0v) is 11.4. The molecule has 0 aromatic rings. The molecule has 0 amide bonds. The van der Waals surface area contributed by atoms with Gasteiger partial charge in [-0.3, -0.25) is 4.79 Å². The lowest BCUT2D eigenvalue weighted by atomic mass is 9.93. The second kappa shape index (κ2) is 6.36. The van der Waals surface area contributed by atoms with Gasteiger partial charge in [-0.1, -0.05) is 6.92 Å². The molecule has 0 saturated carbocycles. The zero-order chi connectivity index (χ0) is 12.9. The van der Waals surface area contributed by atoms with E-state index >= 15 is 0 Å². The first kappa shape index (κ1) is 14.5. The van der Waals surface area contributed by atoms with Gasteiger partial charge in [-0.15, -0.1) is 0 Å². The zero-order valence-electron chi connectivity index (χ0n) is 11.4. The smallest absolute Gasteiger partial charge is 0.312 e. The van der Waals surface area contributed by atoms with Crippen molar-refractivity contribution in [2.75, 3.05) is 26.8 Å². The van der Waals surface area contributed by atoms with Gasteiger partial charge < -0.3 is 14.8 Å². The lowest BCUT2D eigenvalue weighted by molar-refractivity contribution is -0.150. The molecule has 1 saturated heterocycles. The van der Waals surface area contributed by atoms with Crippen molar-refractivity contribution in [1.82, 2.24) is 5.32 Å². The van der Waals surface area contributed by atoms with Crippen LogP contribution in [0.5, 0.6) is 0 Å². The minimum Gasteiger partial charge on any atom is -0.469 e. The number of ether oxygens (including phenoxy) is 2. The van der Waals surface area contributed by atoms with Crippen LogP contribution in [0, 0.1) is 11.3 Å². The number of carbonyl (C=O) groups excluding carboxylic acids is 1. The highest BCUT2D eigenvalue weighted by Gasteiger charge is 2.30. The van der Waals surface area contributed by atoms with Crippen molar-refractivity contribution in [3.8, 4) is 0 Å². The molecule has 1 heterocycles. The van der Waals surface area contributed by atoms with E-state index in [1.54, 1.807) is 0 Å². The van der Waals surface area contributed by atoms with Crippen LogP contribution in [0.2, 0.25) is 0 Å². The number of hydrogen-bond acceptors (Lipinski definition) is 4. The Morgan fingerprint density at radius 3 is 2.82 bits per heavy atom. The van der Waals surface area contributed by atoms with Gasteiger partial charge in [0.25, 0.3) is 0 Å². The Labute approximate surface area is 104 Å². The fourth-order valence-electron chi connectivity index (χ4n) is 2.30. The van der Waals surface area contributed by atoms with Gasteiger partial charge in [0.15, 0.2) is 0 Å². The van der Waals surface area contributed by atoms with Crippen LogP contribution in [-0.2, 0) is 14.3 Å². The van der Waals surface area contributed by atoms with Gasteiger partial charge in [0.05, 0.1) is 18.6 Å². The normalized spacial score (nSPS) is 24.9. The molecule has 0 bridgehead atoms. The second-order valence-electron chi connectivity index (χ2n) is 5.37. The molecule has 1 fully saturated rings. The maximum Gasteiger partial charge on any atom is 0.312 e. The van der Waals surface area contributed by atoms with E-state index in [2.05, 4.69) is 12.2 Å². The number of methoxy groups -OCH3 is 1. The number of esters is 1. The molecule has 1 aliphatic rings. The van der Waals surface area contributed by atoms with Crippen LogP contribution in [0.3, 0.4) is 0 Å². The van der Waals surface area contributed by atoms with E-state index in [1.165, 1.54) is 7.11 Å². The minimum absolute atomic E-state index is 0.167. The highest BCUT2D eigenvalue weighted by Crippen LogP contribution is 2.23.